The second kappa shape index (κ2) is 11.5. The third kappa shape index (κ3) is 4.44. The van der Waals surface area contributed by atoms with Gasteiger partial charge in [-0.1, -0.05) is 75.3 Å². The van der Waals surface area contributed by atoms with Gasteiger partial charge in [0.15, 0.2) is 10.2 Å². The summed E-state index contributed by atoms with van der Waals surface area (Å²) in [5.41, 5.74) is 2.31. The number of para-hydroxylation sites is 1. The molecule has 0 unspecified atom stereocenters. The van der Waals surface area contributed by atoms with E-state index in [9.17, 15) is 18.0 Å². The number of hydrogen-bond donors (Lipinski definition) is 0. The number of piperazine rings is 1. The van der Waals surface area contributed by atoms with Gasteiger partial charge in [0.25, 0.3) is 21.8 Å². The van der Waals surface area contributed by atoms with E-state index in [2.05, 4.69) is 10.3 Å². The maximum absolute atomic E-state index is 15.0. The first-order valence-electron chi connectivity index (χ1n) is 16.1. The lowest BCUT2D eigenvalue weighted by Crippen LogP contribution is -2.72. The number of amides is 2. The number of methoxy groups -OCH3 is 2. The molecule has 5 aliphatic heterocycles. The molecule has 4 saturated heterocycles. The summed E-state index contributed by atoms with van der Waals surface area (Å²) >= 11 is 0. The van der Waals surface area contributed by atoms with Crippen molar-refractivity contribution in [1.29, 1.82) is 0 Å². The normalized spacial score (nSPS) is 24.8. The number of rotatable bonds is 8. The van der Waals surface area contributed by atoms with Gasteiger partial charge in [-0.3, -0.25) is 19.4 Å². The van der Waals surface area contributed by atoms with Crippen molar-refractivity contribution in [3.05, 3.63) is 120 Å². The lowest BCUT2D eigenvalue weighted by molar-refractivity contribution is -0.161. The minimum atomic E-state index is -4.22. The van der Waals surface area contributed by atoms with Gasteiger partial charge in [-0.05, 0) is 65.7 Å². The van der Waals surface area contributed by atoms with Gasteiger partial charge in [0.2, 0.25) is 0 Å². The van der Waals surface area contributed by atoms with Gasteiger partial charge in [0, 0.05) is 12.0 Å². The highest BCUT2D eigenvalue weighted by Crippen LogP contribution is 2.69. The molecule has 5 aromatic rings. The molecule has 258 valence electrons. The van der Waals surface area contributed by atoms with E-state index in [1.165, 1.54) is 30.8 Å². The Hall–Kier alpha value is -4.99. The summed E-state index contributed by atoms with van der Waals surface area (Å²) in [6, 6.07) is 30.4. The van der Waals surface area contributed by atoms with E-state index < -0.39 is 31.8 Å². The molecule has 4 aromatic carbocycles. The van der Waals surface area contributed by atoms with E-state index in [-0.39, 0.29) is 29.8 Å². The average Bonchev–Trinajstić information content (AvgIpc) is 3.84. The van der Waals surface area contributed by atoms with Crippen LogP contribution in [0.5, 0.6) is 11.5 Å². The number of carbonyl (C=O) groups excluding carboxylic acids is 2. The number of sulfonamides is 1. The molecule has 1 spiro atoms. The van der Waals surface area contributed by atoms with Gasteiger partial charge >= 0.3 is 0 Å². The van der Waals surface area contributed by atoms with Crippen LogP contribution in [0.25, 0.3) is 11.3 Å². The van der Waals surface area contributed by atoms with Crippen LogP contribution in [-0.2, 0) is 31.7 Å². The van der Waals surface area contributed by atoms with Crippen LogP contribution < -0.4 is 13.8 Å². The lowest BCUT2D eigenvalue weighted by Gasteiger charge is -2.54. The minimum Gasteiger partial charge on any atom is -0.497 e. The van der Waals surface area contributed by atoms with E-state index in [4.69, 9.17) is 9.47 Å². The predicted octanol–water partition coefficient (Wildman–Crippen LogP) is 4.93. The summed E-state index contributed by atoms with van der Waals surface area (Å²) < 4.78 is 43.2. The molecular weight excluding hydrogens is 709 g/mol. The summed E-state index contributed by atoms with van der Waals surface area (Å²) in [6.07, 6.45) is 0.826. The first-order chi connectivity index (χ1) is 24.7. The molecule has 51 heavy (non-hydrogen) atoms. The Morgan fingerprint density at radius 3 is 2.24 bits per heavy atom. The Kier molecular flexibility index (Phi) is 7.21. The van der Waals surface area contributed by atoms with Crippen molar-refractivity contribution >= 4 is 49.1 Å². The molecule has 6 heterocycles. The summed E-state index contributed by atoms with van der Waals surface area (Å²) in [5.74, 6) is 0.723. The molecule has 0 saturated carbocycles. The molecule has 4 atom stereocenters. The van der Waals surface area contributed by atoms with Crippen molar-refractivity contribution < 1.29 is 27.5 Å². The number of aromatic nitrogens is 3. The first kappa shape index (κ1) is 32.0. The fraction of sp³-hybridized carbons (Fsp3) is 0.222. The van der Waals surface area contributed by atoms with Crippen LogP contribution in [0.2, 0.25) is 0 Å². The van der Waals surface area contributed by atoms with Crippen LogP contribution in [0, 0.1) is 0 Å². The number of fused-ring (bicyclic) bond motifs is 5. The predicted molar refractivity (Wildman–Crippen MR) is 192 cm³/mol. The van der Waals surface area contributed by atoms with Crippen LogP contribution in [0.4, 0.5) is 5.69 Å². The quantitative estimate of drug-likeness (QED) is 0.202. The number of anilines is 1. The zero-order valence-electron chi connectivity index (χ0n) is 27.3. The molecule has 15 heteroatoms. The second-order valence-electron chi connectivity index (χ2n) is 12.7. The molecule has 12 nitrogen and oxygen atoms in total. The summed E-state index contributed by atoms with van der Waals surface area (Å²) in [7, 11) is 1.61. The molecule has 5 aliphatic rings. The molecule has 2 bridgehead atoms. The fourth-order valence-electron chi connectivity index (χ4n) is 7.89. The van der Waals surface area contributed by atoms with Crippen LogP contribution in [-0.4, -0.2) is 75.7 Å². The van der Waals surface area contributed by atoms with E-state index in [0.717, 1.165) is 16.7 Å². The SMILES string of the molecule is COc1ccc(-c2cn(CN3C(=O)[C@@]45C[C@]6(c7ccc(OC)cc7)c7ccccc7N(S(=O)(=O)c7ccccc7)[C@@H]6N4C(=O)[C@@H]3SS5)nn2)cc1. The van der Waals surface area contributed by atoms with Crippen molar-refractivity contribution in [2.75, 3.05) is 18.5 Å². The van der Waals surface area contributed by atoms with Crippen molar-refractivity contribution in [2.24, 2.45) is 0 Å². The molecular formula is C36H30N6O6S3. The molecule has 4 fully saturated rings. The number of benzene rings is 4. The Morgan fingerprint density at radius 1 is 0.863 bits per heavy atom. The number of nitrogens with zero attached hydrogens (tertiary/aromatic N) is 6. The number of hydrogen-bond acceptors (Lipinski definition) is 10. The van der Waals surface area contributed by atoms with Gasteiger partial charge in [-0.25, -0.2) is 17.4 Å². The van der Waals surface area contributed by atoms with E-state index >= 15 is 0 Å². The topological polar surface area (TPSA) is 127 Å². The van der Waals surface area contributed by atoms with Crippen molar-refractivity contribution in [1.82, 2.24) is 24.8 Å². The fourth-order valence-corrected chi connectivity index (χ4v) is 13.0. The number of carbonyl (C=O) groups is 2. The van der Waals surface area contributed by atoms with Gasteiger partial charge in [0.1, 0.15) is 30.0 Å². The second-order valence-corrected chi connectivity index (χ2v) is 17.1. The summed E-state index contributed by atoms with van der Waals surface area (Å²) in [6.45, 7) is -0.00956. The Bertz CT molecular complexity index is 2310. The highest BCUT2D eigenvalue weighted by molar-refractivity contribution is 8.78. The Morgan fingerprint density at radius 2 is 1.53 bits per heavy atom. The molecule has 10 rings (SSSR count). The van der Waals surface area contributed by atoms with E-state index in [1.807, 2.05) is 60.7 Å². The maximum Gasteiger partial charge on any atom is 0.266 e. The minimum absolute atomic E-state index is 0.00956. The molecule has 1 aromatic heterocycles. The van der Waals surface area contributed by atoms with Gasteiger partial charge in [-0.2, -0.15) is 0 Å². The first-order valence-corrected chi connectivity index (χ1v) is 19.7. The number of ether oxygens (including phenoxy) is 2. The summed E-state index contributed by atoms with van der Waals surface area (Å²) in [5, 5.41) is 7.70. The standard InChI is InChI=1S/C36H30N6O6S3/c1-47-25-16-12-23(13-17-25)29-20-39(38-37-29)22-40-32-31(43)41-33-35(21-36(41,34(40)44)50-49-32,24-14-18-26(48-2)19-15-24)28-10-6-7-11-30(28)42(33)51(45,46)27-8-4-3-5-9-27/h3-20,32-33H,21-22H2,1-2H3/t32-,33-,35-,36-/m0/s1. The highest BCUT2D eigenvalue weighted by atomic mass is 33.1. The van der Waals surface area contributed by atoms with Gasteiger partial charge in [0.05, 0.1) is 36.4 Å². The molecule has 0 aliphatic carbocycles. The maximum atomic E-state index is 15.0. The largest absolute Gasteiger partial charge is 0.497 e. The third-order valence-electron chi connectivity index (χ3n) is 10.2. The smallest absolute Gasteiger partial charge is 0.266 e. The van der Waals surface area contributed by atoms with E-state index in [1.54, 1.807) is 72.5 Å². The monoisotopic (exact) mass is 738 g/mol. The Balaban J connectivity index is 1.17. The lowest BCUT2D eigenvalue weighted by atomic mass is 9.72. The molecule has 0 radical (unpaired) electrons. The van der Waals surface area contributed by atoms with Crippen molar-refractivity contribution in [3.63, 3.8) is 0 Å². The third-order valence-corrected chi connectivity index (χ3v) is 15.1. The van der Waals surface area contributed by atoms with Gasteiger partial charge < -0.3 is 9.47 Å². The van der Waals surface area contributed by atoms with Crippen molar-refractivity contribution in [2.45, 2.75) is 39.8 Å². The zero-order chi connectivity index (χ0) is 35.1. The molecule has 0 N–H and O–H groups in total. The van der Waals surface area contributed by atoms with Crippen LogP contribution in [0.3, 0.4) is 0 Å². The molecule has 2 amide bonds. The van der Waals surface area contributed by atoms with Crippen LogP contribution in [0.15, 0.2) is 114 Å². The van der Waals surface area contributed by atoms with Crippen molar-refractivity contribution in [3.8, 4) is 22.8 Å². The van der Waals surface area contributed by atoms with Gasteiger partial charge in [-0.15, -0.1) is 5.10 Å². The van der Waals surface area contributed by atoms with Crippen LogP contribution in [0.1, 0.15) is 17.5 Å². The van der Waals surface area contributed by atoms with E-state index in [0.29, 0.717) is 22.9 Å². The van der Waals surface area contributed by atoms with Crippen LogP contribution >= 0.6 is 21.6 Å². The average molecular weight is 739 g/mol. The summed E-state index contributed by atoms with van der Waals surface area (Å²) in [4.78, 5) is 31.6. The Labute approximate surface area is 301 Å². The highest BCUT2D eigenvalue weighted by Gasteiger charge is 2.77. The zero-order valence-corrected chi connectivity index (χ0v) is 29.8.